The lowest BCUT2D eigenvalue weighted by molar-refractivity contribution is -0.122. The van der Waals surface area contributed by atoms with Crippen LogP contribution in [0.15, 0.2) is 53.4 Å². The first kappa shape index (κ1) is 28.1. The molecule has 1 saturated heterocycles. The third-order valence-electron chi connectivity index (χ3n) is 6.43. The number of ether oxygens (including phenoxy) is 2. The van der Waals surface area contributed by atoms with Gasteiger partial charge in [-0.25, -0.2) is 0 Å². The van der Waals surface area contributed by atoms with E-state index in [9.17, 15) is 14.2 Å². The summed E-state index contributed by atoms with van der Waals surface area (Å²) < 4.78 is 24.8. The predicted octanol–water partition coefficient (Wildman–Crippen LogP) is 4.38. The summed E-state index contributed by atoms with van der Waals surface area (Å²) in [5.74, 6) is 0.120. The number of carbonyl (C=O) groups is 2. The number of amides is 2. The van der Waals surface area contributed by atoms with Crippen molar-refractivity contribution in [2.45, 2.75) is 35.7 Å². The van der Waals surface area contributed by atoms with Crippen molar-refractivity contribution in [2.75, 3.05) is 52.0 Å². The largest absolute Gasteiger partial charge is 0.494 e. The number of nitrogens with two attached hydrogens (primary N) is 1. The fourth-order valence-electron chi connectivity index (χ4n) is 4.08. The van der Waals surface area contributed by atoms with Gasteiger partial charge in [-0.15, -0.1) is 0 Å². The average Bonchev–Trinajstić information content (AvgIpc) is 2.87. The van der Waals surface area contributed by atoms with Crippen molar-refractivity contribution in [3.63, 3.8) is 0 Å². The SMILES string of the molecule is CN(C)c1ccc(C(=O)NCCCCOc2ccc(SP(C)(=O)C3(C(N)=O)CCOCC3)cc2)cc1. The zero-order chi connectivity index (χ0) is 26.2. The Morgan fingerprint density at radius 3 is 2.31 bits per heavy atom. The second-order valence-electron chi connectivity index (χ2n) is 9.17. The maximum atomic E-state index is 13.6. The number of nitrogens with zero attached hydrogens (tertiary/aromatic N) is 1. The molecular formula is C26H36N3O5PS. The molecule has 0 bridgehead atoms. The predicted molar refractivity (Wildman–Crippen MR) is 146 cm³/mol. The van der Waals surface area contributed by atoms with E-state index < -0.39 is 17.4 Å². The Hall–Kier alpha value is -2.48. The first-order valence-corrected chi connectivity index (χ1v) is 15.7. The number of benzene rings is 2. The van der Waals surface area contributed by atoms with Crippen LogP contribution in [-0.2, 0) is 14.1 Å². The monoisotopic (exact) mass is 533 g/mol. The standard InChI is InChI=1S/C26H36N3O5PS/c1-29(2)21-8-6-20(7-9-21)24(30)28-16-4-5-17-34-22-10-12-23(13-11-22)36-35(3,32)26(25(27)31)14-18-33-19-15-26/h6-13H,4-5,14-19H2,1-3H3,(H2,27,31)(H,28,30). The van der Waals surface area contributed by atoms with Crippen LogP contribution in [0, 0.1) is 0 Å². The fourth-order valence-corrected chi connectivity index (χ4v) is 9.22. The number of primary amides is 1. The topological polar surface area (TPSA) is 111 Å². The molecule has 8 nitrogen and oxygen atoms in total. The molecule has 0 saturated carbocycles. The smallest absolute Gasteiger partial charge is 0.251 e. The summed E-state index contributed by atoms with van der Waals surface area (Å²) in [6, 6.07) is 14.9. The highest BCUT2D eigenvalue weighted by Gasteiger charge is 2.51. The van der Waals surface area contributed by atoms with Gasteiger partial charge in [0.15, 0.2) is 6.34 Å². The second-order valence-corrected chi connectivity index (χ2v) is 15.0. The van der Waals surface area contributed by atoms with Crippen molar-refractivity contribution in [2.24, 2.45) is 5.73 Å². The number of unbranched alkanes of at least 4 members (excludes halogenated alkanes) is 1. The highest BCUT2D eigenvalue weighted by atomic mass is 32.7. The lowest BCUT2D eigenvalue weighted by Crippen LogP contribution is -2.47. The van der Waals surface area contributed by atoms with E-state index in [1.165, 1.54) is 11.4 Å². The number of nitrogens with one attached hydrogen (secondary N) is 1. The molecule has 2 aromatic carbocycles. The molecule has 2 amide bonds. The Morgan fingerprint density at radius 2 is 1.72 bits per heavy atom. The van der Waals surface area contributed by atoms with Crippen LogP contribution in [0.25, 0.3) is 0 Å². The third-order valence-corrected chi connectivity index (χ3v) is 12.2. The van der Waals surface area contributed by atoms with Crippen molar-refractivity contribution in [3.8, 4) is 5.75 Å². The van der Waals surface area contributed by atoms with Gasteiger partial charge in [0.05, 0.1) is 6.61 Å². The minimum Gasteiger partial charge on any atom is -0.494 e. The van der Waals surface area contributed by atoms with E-state index >= 15 is 0 Å². The van der Waals surface area contributed by atoms with Crippen molar-refractivity contribution in [1.82, 2.24) is 5.32 Å². The molecule has 1 heterocycles. The van der Waals surface area contributed by atoms with Gasteiger partial charge in [0, 0.05) is 50.0 Å². The van der Waals surface area contributed by atoms with Crippen LogP contribution in [0.5, 0.6) is 5.75 Å². The van der Waals surface area contributed by atoms with Gasteiger partial charge in [0.1, 0.15) is 10.9 Å². The van der Waals surface area contributed by atoms with Crippen LogP contribution in [-0.4, -0.2) is 64.1 Å². The highest BCUT2D eigenvalue weighted by molar-refractivity contribution is 8.58. The minimum absolute atomic E-state index is 0.0820. The Kier molecular flexibility index (Phi) is 9.88. The number of carbonyl (C=O) groups excluding carboxylic acids is 2. The zero-order valence-electron chi connectivity index (χ0n) is 21.2. The molecule has 1 fully saturated rings. The average molecular weight is 534 g/mol. The molecular weight excluding hydrogens is 497 g/mol. The third kappa shape index (κ3) is 7.05. The van der Waals surface area contributed by atoms with Gasteiger partial charge in [0.2, 0.25) is 5.91 Å². The van der Waals surface area contributed by atoms with Gasteiger partial charge >= 0.3 is 0 Å². The first-order valence-electron chi connectivity index (χ1n) is 12.1. The molecule has 0 spiro atoms. The Balaban J connectivity index is 1.40. The number of hydrogen-bond donors (Lipinski definition) is 2. The van der Waals surface area contributed by atoms with E-state index in [0.29, 0.717) is 50.5 Å². The van der Waals surface area contributed by atoms with Crippen LogP contribution in [0.3, 0.4) is 0 Å². The summed E-state index contributed by atoms with van der Waals surface area (Å²) in [5.41, 5.74) is 7.38. The summed E-state index contributed by atoms with van der Waals surface area (Å²) in [4.78, 5) is 27.3. The van der Waals surface area contributed by atoms with Gasteiger partial charge in [-0.3, -0.25) is 9.59 Å². The van der Waals surface area contributed by atoms with Gasteiger partial charge < -0.3 is 30.0 Å². The lowest BCUT2D eigenvalue weighted by atomic mass is 9.98. The second kappa shape index (κ2) is 12.7. The zero-order valence-corrected chi connectivity index (χ0v) is 22.9. The van der Waals surface area contributed by atoms with E-state index in [2.05, 4.69) is 5.32 Å². The molecule has 1 unspecified atom stereocenters. The van der Waals surface area contributed by atoms with Gasteiger partial charge in [-0.1, -0.05) is 11.4 Å². The minimum atomic E-state index is -2.98. The molecule has 0 radical (unpaired) electrons. The molecule has 1 aliphatic heterocycles. The molecule has 0 aromatic heterocycles. The molecule has 196 valence electrons. The Bertz CT molecular complexity index is 1070. The summed E-state index contributed by atoms with van der Waals surface area (Å²) >= 11 is 1.23. The molecule has 0 aliphatic carbocycles. The maximum absolute atomic E-state index is 13.6. The summed E-state index contributed by atoms with van der Waals surface area (Å²) in [6.45, 7) is 3.53. The number of anilines is 1. The quantitative estimate of drug-likeness (QED) is 0.308. The normalized spacial score (nSPS) is 16.5. The molecule has 2 aromatic rings. The molecule has 1 atom stereocenters. The van der Waals surface area contributed by atoms with Crippen molar-refractivity contribution >= 4 is 35.2 Å². The van der Waals surface area contributed by atoms with Gasteiger partial charge in [-0.05, 0) is 80.9 Å². The van der Waals surface area contributed by atoms with Crippen LogP contribution in [0.4, 0.5) is 5.69 Å². The van der Waals surface area contributed by atoms with E-state index in [-0.39, 0.29) is 5.91 Å². The van der Waals surface area contributed by atoms with Crippen LogP contribution >= 0.6 is 17.7 Å². The van der Waals surface area contributed by atoms with Crippen LogP contribution < -0.4 is 20.7 Å². The molecule has 36 heavy (non-hydrogen) atoms. The van der Waals surface area contributed by atoms with E-state index in [0.717, 1.165) is 23.4 Å². The Morgan fingerprint density at radius 1 is 1.08 bits per heavy atom. The summed E-state index contributed by atoms with van der Waals surface area (Å²) in [5, 5.41) is 1.90. The van der Waals surface area contributed by atoms with Gasteiger partial charge in [-0.2, -0.15) is 0 Å². The van der Waals surface area contributed by atoms with Crippen molar-refractivity contribution in [1.29, 1.82) is 0 Å². The molecule has 3 N–H and O–H groups in total. The number of hydrogen-bond acceptors (Lipinski definition) is 7. The number of rotatable bonds is 12. The van der Waals surface area contributed by atoms with Crippen molar-refractivity contribution in [3.05, 3.63) is 54.1 Å². The van der Waals surface area contributed by atoms with Crippen molar-refractivity contribution < 1.29 is 23.6 Å². The Labute approximate surface area is 217 Å². The van der Waals surface area contributed by atoms with E-state index in [1.807, 2.05) is 67.5 Å². The first-order chi connectivity index (χ1) is 17.1. The van der Waals surface area contributed by atoms with Crippen LogP contribution in [0.1, 0.15) is 36.0 Å². The summed E-state index contributed by atoms with van der Waals surface area (Å²) in [6.07, 6.45) is -0.620. The van der Waals surface area contributed by atoms with Crippen LogP contribution in [0.2, 0.25) is 0 Å². The highest BCUT2D eigenvalue weighted by Crippen LogP contribution is 2.70. The molecule has 10 heteroatoms. The van der Waals surface area contributed by atoms with E-state index in [4.69, 9.17) is 15.2 Å². The fraction of sp³-hybridized carbons (Fsp3) is 0.462. The molecule has 3 rings (SSSR count). The van der Waals surface area contributed by atoms with Gasteiger partial charge in [0.25, 0.3) is 5.91 Å². The lowest BCUT2D eigenvalue weighted by Gasteiger charge is -2.38. The van der Waals surface area contributed by atoms with E-state index in [1.54, 1.807) is 6.66 Å². The summed E-state index contributed by atoms with van der Waals surface area (Å²) in [7, 11) is 3.92. The maximum Gasteiger partial charge on any atom is 0.251 e. The molecule has 1 aliphatic rings.